The Labute approximate surface area is 103 Å². The van der Waals surface area contributed by atoms with E-state index in [4.69, 9.17) is 0 Å². The van der Waals surface area contributed by atoms with E-state index in [0.29, 0.717) is 0 Å². The quantitative estimate of drug-likeness (QED) is 0.742. The van der Waals surface area contributed by atoms with Crippen LogP contribution in [-0.2, 0) is 0 Å². The number of aromatic hydroxyl groups is 1. The maximum atomic E-state index is 9.44. The molecule has 0 atom stereocenters. The summed E-state index contributed by atoms with van der Waals surface area (Å²) < 4.78 is 1.82. The summed E-state index contributed by atoms with van der Waals surface area (Å²) in [7, 11) is 0. The number of rotatable bonds is 2. The molecular weight excluding hydrogens is 228 g/mol. The van der Waals surface area contributed by atoms with Crippen molar-refractivity contribution in [3.8, 4) is 22.6 Å². The molecule has 1 N–H and O–H groups in total. The molecule has 0 saturated carbocycles. The van der Waals surface area contributed by atoms with Crippen LogP contribution in [0, 0.1) is 0 Å². The van der Waals surface area contributed by atoms with Crippen LogP contribution in [0.15, 0.2) is 55.4 Å². The molecule has 0 bridgehead atoms. The Balaban J connectivity index is 2.06. The summed E-state index contributed by atoms with van der Waals surface area (Å²) in [6.07, 6.45) is 6.40. The van der Waals surface area contributed by atoms with Crippen LogP contribution in [0.5, 0.6) is 5.75 Å². The van der Waals surface area contributed by atoms with Gasteiger partial charge in [-0.3, -0.25) is 9.55 Å². The van der Waals surface area contributed by atoms with Gasteiger partial charge in [0, 0.05) is 17.4 Å². The zero-order valence-electron chi connectivity index (χ0n) is 9.43. The molecule has 0 aliphatic carbocycles. The Hall–Kier alpha value is -2.69. The minimum absolute atomic E-state index is 0.155. The van der Waals surface area contributed by atoms with Crippen molar-refractivity contribution in [2.24, 2.45) is 0 Å². The number of aromatic nitrogens is 4. The van der Waals surface area contributed by atoms with E-state index < -0.39 is 0 Å². The molecule has 0 aliphatic heterocycles. The Bertz CT molecular complexity index is 664. The second-order valence-corrected chi connectivity index (χ2v) is 3.85. The van der Waals surface area contributed by atoms with Crippen molar-refractivity contribution in [1.82, 2.24) is 19.7 Å². The summed E-state index contributed by atoms with van der Waals surface area (Å²) in [5.74, 6) is 0.155. The summed E-state index contributed by atoms with van der Waals surface area (Å²) in [6, 6.07) is 9.53. The predicted molar refractivity (Wildman–Crippen MR) is 66.3 cm³/mol. The summed E-state index contributed by atoms with van der Waals surface area (Å²) in [5, 5.41) is 17.0. The summed E-state index contributed by atoms with van der Waals surface area (Å²) >= 11 is 0. The van der Waals surface area contributed by atoms with E-state index in [2.05, 4.69) is 15.2 Å². The van der Waals surface area contributed by atoms with Crippen molar-refractivity contribution in [3.63, 3.8) is 0 Å². The average Bonchev–Trinajstić information content (AvgIpc) is 2.93. The smallest absolute Gasteiger partial charge is 0.134 e. The molecule has 0 aliphatic rings. The van der Waals surface area contributed by atoms with E-state index in [0.717, 1.165) is 16.8 Å². The Morgan fingerprint density at radius 2 is 1.78 bits per heavy atom. The first kappa shape index (κ1) is 10.5. The van der Waals surface area contributed by atoms with Crippen LogP contribution in [0.1, 0.15) is 0 Å². The number of hydrogen-bond donors (Lipinski definition) is 1. The topological polar surface area (TPSA) is 63.8 Å². The molecule has 5 nitrogen and oxygen atoms in total. The molecule has 88 valence electrons. The molecule has 0 saturated heterocycles. The van der Waals surface area contributed by atoms with Gasteiger partial charge in [-0.1, -0.05) is 12.1 Å². The zero-order valence-corrected chi connectivity index (χ0v) is 9.43. The highest BCUT2D eigenvalue weighted by Crippen LogP contribution is 2.23. The van der Waals surface area contributed by atoms with E-state index >= 15 is 0 Å². The van der Waals surface area contributed by atoms with Gasteiger partial charge in [0.2, 0.25) is 0 Å². The van der Waals surface area contributed by atoms with Crippen LogP contribution < -0.4 is 0 Å². The van der Waals surface area contributed by atoms with E-state index in [1.807, 2.05) is 28.8 Å². The molecule has 2 aromatic heterocycles. The van der Waals surface area contributed by atoms with Crippen molar-refractivity contribution in [1.29, 1.82) is 0 Å². The summed E-state index contributed by atoms with van der Waals surface area (Å²) in [4.78, 5) is 3.97. The molecule has 2 heterocycles. The van der Waals surface area contributed by atoms with Crippen molar-refractivity contribution in [3.05, 3.63) is 55.4 Å². The Kier molecular flexibility index (Phi) is 2.49. The molecular formula is C13H10N4O. The molecule has 0 radical (unpaired) electrons. The van der Waals surface area contributed by atoms with E-state index in [1.165, 1.54) is 6.20 Å². The van der Waals surface area contributed by atoms with Crippen molar-refractivity contribution >= 4 is 0 Å². The van der Waals surface area contributed by atoms with Crippen molar-refractivity contribution in [2.45, 2.75) is 0 Å². The molecule has 5 heteroatoms. The average molecular weight is 238 g/mol. The number of benzene rings is 1. The van der Waals surface area contributed by atoms with Gasteiger partial charge in [-0.15, -0.1) is 10.2 Å². The lowest BCUT2D eigenvalue weighted by Gasteiger charge is -2.05. The van der Waals surface area contributed by atoms with Gasteiger partial charge in [-0.2, -0.15) is 0 Å². The van der Waals surface area contributed by atoms with E-state index in [9.17, 15) is 5.11 Å². The second kappa shape index (κ2) is 4.29. The van der Waals surface area contributed by atoms with Crippen LogP contribution in [0.25, 0.3) is 16.8 Å². The van der Waals surface area contributed by atoms with Crippen LogP contribution in [0.3, 0.4) is 0 Å². The third-order valence-electron chi connectivity index (χ3n) is 2.62. The first-order valence-corrected chi connectivity index (χ1v) is 5.42. The van der Waals surface area contributed by atoms with Gasteiger partial charge in [-0.05, 0) is 23.8 Å². The normalized spacial score (nSPS) is 10.4. The van der Waals surface area contributed by atoms with Crippen LogP contribution in [-0.4, -0.2) is 24.9 Å². The second-order valence-electron chi connectivity index (χ2n) is 3.85. The van der Waals surface area contributed by atoms with Crippen LogP contribution in [0.4, 0.5) is 0 Å². The Morgan fingerprint density at radius 1 is 0.944 bits per heavy atom. The molecule has 18 heavy (non-hydrogen) atoms. The molecule has 0 unspecified atom stereocenters. The number of nitrogens with zero attached hydrogens (tertiary/aromatic N) is 4. The Morgan fingerprint density at radius 3 is 2.56 bits per heavy atom. The van der Waals surface area contributed by atoms with E-state index in [-0.39, 0.29) is 5.75 Å². The minimum atomic E-state index is 0.155. The van der Waals surface area contributed by atoms with Gasteiger partial charge >= 0.3 is 0 Å². The van der Waals surface area contributed by atoms with Gasteiger partial charge in [-0.25, -0.2) is 0 Å². The third kappa shape index (κ3) is 1.93. The van der Waals surface area contributed by atoms with Crippen molar-refractivity contribution < 1.29 is 5.11 Å². The lowest BCUT2D eigenvalue weighted by Crippen LogP contribution is -1.90. The van der Waals surface area contributed by atoms with Crippen molar-refractivity contribution in [2.75, 3.05) is 0 Å². The molecule has 3 aromatic rings. The highest BCUT2D eigenvalue weighted by atomic mass is 16.3. The fourth-order valence-electron chi connectivity index (χ4n) is 1.77. The molecule has 0 spiro atoms. The van der Waals surface area contributed by atoms with Crippen LogP contribution in [0.2, 0.25) is 0 Å². The fourth-order valence-corrected chi connectivity index (χ4v) is 1.77. The first-order chi connectivity index (χ1) is 8.83. The predicted octanol–water partition coefficient (Wildman–Crippen LogP) is 2.03. The number of hydrogen-bond acceptors (Lipinski definition) is 4. The largest absolute Gasteiger partial charge is 0.506 e. The van der Waals surface area contributed by atoms with E-state index in [1.54, 1.807) is 24.9 Å². The zero-order chi connectivity index (χ0) is 12.4. The molecule has 0 fully saturated rings. The third-order valence-corrected chi connectivity index (χ3v) is 2.62. The fraction of sp³-hybridized carbons (Fsp3) is 0. The summed E-state index contributed by atoms with van der Waals surface area (Å²) in [5.41, 5.74) is 2.80. The molecule has 0 amide bonds. The maximum absolute atomic E-state index is 9.44. The maximum Gasteiger partial charge on any atom is 0.134 e. The molecule has 1 aromatic carbocycles. The number of pyridine rings is 1. The lowest BCUT2D eigenvalue weighted by atomic mass is 10.1. The highest BCUT2D eigenvalue weighted by Gasteiger charge is 2.02. The van der Waals surface area contributed by atoms with Gasteiger partial charge in [0.15, 0.2) is 0 Å². The van der Waals surface area contributed by atoms with Gasteiger partial charge < -0.3 is 5.11 Å². The monoisotopic (exact) mass is 238 g/mol. The first-order valence-electron chi connectivity index (χ1n) is 5.42. The standard InChI is InChI=1S/C13H10N4O/c18-13-5-11(6-14-7-13)10-2-1-3-12(4-10)17-8-15-16-9-17/h1-9,18H. The summed E-state index contributed by atoms with van der Waals surface area (Å²) in [6.45, 7) is 0. The van der Waals surface area contributed by atoms with Gasteiger partial charge in [0.1, 0.15) is 18.4 Å². The van der Waals surface area contributed by atoms with Gasteiger partial charge in [0.05, 0.1) is 6.20 Å². The van der Waals surface area contributed by atoms with Crippen LogP contribution >= 0.6 is 0 Å². The van der Waals surface area contributed by atoms with Gasteiger partial charge in [0.25, 0.3) is 0 Å². The lowest BCUT2D eigenvalue weighted by molar-refractivity contribution is 0.473. The minimum Gasteiger partial charge on any atom is -0.506 e. The SMILES string of the molecule is Oc1cncc(-c2cccc(-n3cnnc3)c2)c1. The molecule has 3 rings (SSSR count). The highest BCUT2D eigenvalue weighted by molar-refractivity contribution is 5.66.